The minimum atomic E-state index is 0.651. The van der Waals surface area contributed by atoms with Gasteiger partial charge in [-0.3, -0.25) is 0 Å². The molecule has 0 spiro atoms. The van der Waals surface area contributed by atoms with Crippen molar-refractivity contribution in [1.82, 2.24) is 0 Å². The van der Waals surface area contributed by atoms with Crippen molar-refractivity contribution in [3.05, 3.63) is 18.2 Å². The van der Waals surface area contributed by atoms with Crippen LogP contribution in [0.25, 0.3) is 10.1 Å². The van der Waals surface area contributed by atoms with Gasteiger partial charge in [-0.2, -0.15) is 0 Å². The van der Waals surface area contributed by atoms with Crippen LogP contribution in [0.3, 0.4) is 0 Å². The van der Waals surface area contributed by atoms with Crippen LogP contribution >= 0.6 is 24.0 Å². The molecule has 4 heteroatoms. The Hall–Kier alpha value is -0.870. The van der Waals surface area contributed by atoms with E-state index in [1.165, 1.54) is 0 Å². The maximum Gasteiger partial charge on any atom is 0.139 e. The Kier molecular flexibility index (Phi) is 2.56. The highest BCUT2D eigenvalue weighted by Gasteiger charge is 2.06. The van der Waals surface area contributed by atoms with Gasteiger partial charge in [-0.25, -0.2) is 0 Å². The molecule has 0 fully saturated rings. The van der Waals surface area contributed by atoms with Crippen LogP contribution in [0.15, 0.2) is 22.4 Å². The van der Waals surface area contributed by atoms with E-state index in [4.69, 9.17) is 10.5 Å². The van der Waals surface area contributed by atoms with Gasteiger partial charge in [-0.15, -0.1) is 24.0 Å². The summed E-state index contributed by atoms with van der Waals surface area (Å²) in [6.07, 6.45) is 0. The Labute approximate surface area is 92.1 Å². The first-order chi connectivity index (χ1) is 6.70. The summed E-state index contributed by atoms with van der Waals surface area (Å²) < 4.78 is 7.60. The van der Waals surface area contributed by atoms with Gasteiger partial charge in [-0.1, -0.05) is 0 Å². The Morgan fingerprint density at radius 3 is 2.93 bits per heavy atom. The topological polar surface area (TPSA) is 35.2 Å². The number of anilines is 1. The summed E-state index contributed by atoms with van der Waals surface area (Å²) in [7, 11) is 0. The molecule has 2 N–H and O–H groups in total. The fourth-order valence-corrected chi connectivity index (χ4v) is 2.65. The lowest BCUT2D eigenvalue weighted by atomic mass is 10.2. The molecule has 1 aromatic carbocycles. The number of hydrogen-bond donors (Lipinski definition) is 2. The summed E-state index contributed by atoms with van der Waals surface area (Å²) >= 11 is 5.93. The Bertz CT molecular complexity index is 464. The number of rotatable bonds is 2. The van der Waals surface area contributed by atoms with Crippen LogP contribution in [-0.2, 0) is 0 Å². The van der Waals surface area contributed by atoms with Gasteiger partial charge in [0, 0.05) is 11.8 Å². The predicted octanol–water partition coefficient (Wildman–Crippen LogP) is 3.17. The molecule has 0 aliphatic heterocycles. The summed E-state index contributed by atoms with van der Waals surface area (Å²) in [6, 6.07) is 5.80. The van der Waals surface area contributed by atoms with Gasteiger partial charge in [0.25, 0.3) is 0 Å². The third-order valence-corrected chi connectivity index (χ3v) is 3.26. The molecule has 0 unspecified atom stereocenters. The van der Waals surface area contributed by atoms with Gasteiger partial charge in [0.15, 0.2) is 0 Å². The molecule has 0 aliphatic carbocycles. The number of nitrogens with two attached hydrogens (primary N) is 1. The molecule has 0 radical (unpaired) electrons. The highest BCUT2D eigenvalue weighted by molar-refractivity contribution is 7.83. The van der Waals surface area contributed by atoms with E-state index in [1.807, 2.05) is 25.1 Å². The zero-order valence-corrected chi connectivity index (χ0v) is 9.49. The molecule has 1 heterocycles. The normalized spacial score (nSPS) is 10.7. The van der Waals surface area contributed by atoms with Gasteiger partial charge < -0.3 is 10.5 Å². The van der Waals surface area contributed by atoms with Gasteiger partial charge in [0.1, 0.15) is 5.75 Å². The van der Waals surface area contributed by atoms with Crippen molar-refractivity contribution < 1.29 is 4.74 Å². The molecule has 14 heavy (non-hydrogen) atoms. The van der Waals surface area contributed by atoms with Crippen LogP contribution < -0.4 is 10.5 Å². The van der Waals surface area contributed by atoms with Gasteiger partial charge in [0.2, 0.25) is 0 Å². The standard InChI is InChI=1S/C10H11NOS2/c1-2-12-8-5-7(11)3-6-4-9(13)14-10(6)8/h3-5,13H,2,11H2,1H3. The van der Waals surface area contributed by atoms with Crippen molar-refractivity contribution in [3.63, 3.8) is 0 Å². The zero-order chi connectivity index (χ0) is 10.1. The quantitative estimate of drug-likeness (QED) is 0.608. The van der Waals surface area contributed by atoms with Crippen LogP contribution in [0.1, 0.15) is 6.92 Å². The smallest absolute Gasteiger partial charge is 0.139 e. The first-order valence-corrected chi connectivity index (χ1v) is 5.62. The predicted molar refractivity (Wildman–Crippen MR) is 64.7 cm³/mol. The van der Waals surface area contributed by atoms with Crippen molar-refractivity contribution in [3.8, 4) is 5.75 Å². The van der Waals surface area contributed by atoms with E-state index in [-0.39, 0.29) is 0 Å². The lowest BCUT2D eigenvalue weighted by Gasteiger charge is -2.05. The molecule has 0 aliphatic rings. The van der Waals surface area contributed by atoms with Gasteiger partial charge in [-0.05, 0) is 24.4 Å². The van der Waals surface area contributed by atoms with E-state index in [1.54, 1.807) is 11.3 Å². The average molecular weight is 225 g/mol. The highest BCUT2D eigenvalue weighted by atomic mass is 32.2. The number of thiol groups is 1. The van der Waals surface area contributed by atoms with E-state index in [0.717, 1.165) is 25.7 Å². The molecule has 0 bridgehead atoms. The number of fused-ring (bicyclic) bond motifs is 1. The average Bonchev–Trinajstić information content (AvgIpc) is 2.45. The molecule has 0 atom stereocenters. The SMILES string of the molecule is CCOc1cc(N)cc2cc(S)sc12. The third-order valence-electron chi connectivity index (χ3n) is 1.89. The maximum atomic E-state index is 5.76. The molecule has 0 amide bonds. The minimum absolute atomic E-state index is 0.651. The fourth-order valence-electron chi connectivity index (χ4n) is 1.39. The van der Waals surface area contributed by atoms with Crippen LogP contribution in [0, 0.1) is 0 Å². The second kappa shape index (κ2) is 3.71. The summed E-state index contributed by atoms with van der Waals surface area (Å²) in [5, 5.41) is 1.10. The monoisotopic (exact) mass is 225 g/mol. The second-order valence-electron chi connectivity index (χ2n) is 2.96. The van der Waals surface area contributed by atoms with Crippen LogP contribution in [-0.4, -0.2) is 6.61 Å². The lowest BCUT2D eigenvalue weighted by molar-refractivity contribution is 0.345. The zero-order valence-electron chi connectivity index (χ0n) is 7.78. The minimum Gasteiger partial charge on any atom is -0.492 e. The first kappa shape index (κ1) is 9.68. The molecule has 74 valence electrons. The summed E-state index contributed by atoms with van der Waals surface area (Å²) in [5.74, 6) is 0.854. The third kappa shape index (κ3) is 1.67. The maximum absolute atomic E-state index is 5.76. The Balaban J connectivity index is 2.66. The number of hydrogen-bond acceptors (Lipinski definition) is 4. The van der Waals surface area contributed by atoms with Gasteiger partial charge in [0.05, 0.1) is 15.5 Å². The molecule has 2 aromatic rings. The molecule has 1 aromatic heterocycles. The van der Waals surface area contributed by atoms with E-state index < -0.39 is 0 Å². The van der Waals surface area contributed by atoms with Crippen LogP contribution in [0.5, 0.6) is 5.75 Å². The Morgan fingerprint density at radius 1 is 1.43 bits per heavy atom. The highest BCUT2D eigenvalue weighted by Crippen LogP contribution is 2.37. The summed E-state index contributed by atoms with van der Waals surface area (Å²) in [5.41, 5.74) is 6.49. The number of thiophene rings is 1. The van der Waals surface area contributed by atoms with Crippen molar-refractivity contribution >= 4 is 39.7 Å². The molecule has 0 saturated carbocycles. The molecule has 2 rings (SSSR count). The molecular weight excluding hydrogens is 214 g/mol. The van der Waals surface area contributed by atoms with Crippen molar-refractivity contribution in [2.75, 3.05) is 12.3 Å². The molecular formula is C10H11NOS2. The van der Waals surface area contributed by atoms with Crippen LogP contribution in [0.4, 0.5) is 5.69 Å². The van der Waals surface area contributed by atoms with E-state index in [2.05, 4.69) is 12.6 Å². The van der Waals surface area contributed by atoms with Crippen molar-refractivity contribution in [1.29, 1.82) is 0 Å². The molecule has 2 nitrogen and oxygen atoms in total. The van der Waals surface area contributed by atoms with E-state index in [0.29, 0.717) is 6.61 Å². The van der Waals surface area contributed by atoms with Gasteiger partial charge >= 0.3 is 0 Å². The number of nitrogen functional groups attached to an aromatic ring is 1. The first-order valence-electron chi connectivity index (χ1n) is 4.35. The van der Waals surface area contributed by atoms with Crippen molar-refractivity contribution in [2.45, 2.75) is 11.1 Å². The largest absolute Gasteiger partial charge is 0.492 e. The van der Waals surface area contributed by atoms with Crippen LogP contribution in [0.2, 0.25) is 0 Å². The number of ether oxygens (including phenoxy) is 1. The summed E-state index contributed by atoms with van der Waals surface area (Å²) in [6.45, 7) is 2.61. The fraction of sp³-hybridized carbons (Fsp3) is 0.200. The Morgan fingerprint density at radius 2 is 2.21 bits per heavy atom. The second-order valence-corrected chi connectivity index (χ2v) is 4.79. The lowest BCUT2D eigenvalue weighted by Crippen LogP contribution is -1.93. The molecule has 0 saturated heterocycles. The van der Waals surface area contributed by atoms with E-state index in [9.17, 15) is 0 Å². The number of benzene rings is 1. The van der Waals surface area contributed by atoms with E-state index >= 15 is 0 Å². The van der Waals surface area contributed by atoms with Crippen molar-refractivity contribution in [2.24, 2.45) is 0 Å². The summed E-state index contributed by atoms with van der Waals surface area (Å²) in [4.78, 5) is 0.